The van der Waals surface area contributed by atoms with Crippen molar-refractivity contribution in [3.05, 3.63) is 30.3 Å². The van der Waals surface area contributed by atoms with Gasteiger partial charge in [-0.15, -0.1) is 0 Å². The summed E-state index contributed by atoms with van der Waals surface area (Å²) in [6.07, 6.45) is 1.07. The molecule has 0 unspecified atom stereocenters. The van der Waals surface area contributed by atoms with E-state index in [0.717, 1.165) is 5.69 Å². The number of hydrogen-bond donors (Lipinski definition) is 1. The van der Waals surface area contributed by atoms with Gasteiger partial charge in [0.25, 0.3) is 5.91 Å². The van der Waals surface area contributed by atoms with E-state index >= 15 is 0 Å². The van der Waals surface area contributed by atoms with Crippen LogP contribution in [0.15, 0.2) is 30.3 Å². The highest BCUT2D eigenvalue weighted by molar-refractivity contribution is 5.96. The van der Waals surface area contributed by atoms with Crippen molar-refractivity contribution in [3.8, 4) is 0 Å². The van der Waals surface area contributed by atoms with E-state index in [-0.39, 0.29) is 29.9 Å². The molecule has 0 aliphatic carbocycles. The lowest BCUT2D eigenvalue weighted by Crippen LogP contribution is -2.59. The number of anilines is 1. The van der Waals surface area contributed by atoms with Crippen molar-refractivity contribution in [2.45, 2.75) is 58.5 Å². The average molecular weight is 444 g/mol. The largest absolute Gasteiger partial charge is 0.342 e. The fourth-order valence-corrected chi connectivity index (χ4v) is 4.64. The van der Waals surface area contributed by atoms with Crippen molar-refractivity contribution in [1.82, 2.24) is 20.0 Å². The fourth-order valence-electron chi connectivity index (χ4n) is 4.64. The summed E-state index contributed by atoms with van der Waals surface area (Å²) >= 11 is 0. The zero-order valence-corrected chi connectivity index (χ0v) is 20.1. The summed E-state index contributed by atoms with van der Waals surface area (Å²) in [6.45, 7) is 12.5. The highest BCUT2D eigenvalue weighted by Crippen LogP contribution is 2.39. The monoisotopic (exact) mass is 443 g/mol. The smallest absolute Gasteiger partial charge is 0.317 e. The maximum Gasteiger partial charge on any atom is 0.317 e. The number of likely N-dealkylation sites (N-methyl/N-ethyl adjacent to an activating group) is 1. The molecule has 3 rings (SSSR count). The summed E-state index contributed by atoms with van der Waals surface area (Å²) in [7, 11) is 0. The Morgan fingerprint density at radius 1 is 1.06 bits per heavy atom. The molecule has 32 heavy (non-hydrogen) atoms. The van der Waals surface area contributed by atoms with Gasteiger partial charge in [-0.2, -0.15) is 0 Å². The Bertz CT molecular complexity index is 824. The van der Waals surface area contributed by atoms with Crippen LogP contribution in [0.1, 0.15) is 47.5 Å². The van der Waals surface area contributed by atoms with E-state index in [0.29, 0.717) is 45.7 Å². The molecule has 2 aliphatic heterocycles. The van der Waals surface area contributed by atoms with Gasteiger partial charge in [0.2, 0.25) is 5.91 Å². The molecule has 2 saturated heterocycles. The third kappa shape index (κ3) is 4.84. The number of hydrogen-bond acceptors (Lipinski definition) is 4. The number of amides is 4. The topological polar surface area (TPSA) is 76.2 Å². The molecule has 2 fully saturated rings. The van der Waals surface area contributed by atoms with Crippen molar-refractivity contribution in [1.29, 1.82) is 0 Å². The molecule has 0 bridgehead atoms. The number of carbonyl (C=O) groups excluding carboxylic acids is 3. The van der Waals surface area contributed by atoms with Crippen molar-refractivity contribution in [3.63, 3.8) is 0 Å². The summed E-state index contributed by atoms with van der Waals surface area (Å²) in [5.74, 6) is -0.0480. The number of likely N-dealkylation sites (tertiary alicyclic amines) is 1. The zero-order chi connectivity index (χ0) is 23.5. The Kier molecular flexibility index (Phi) is 7.00. The second kappa shape index (κ2) is 9.38. The van der Waals surface area contributed by atoms with Gasteiger partial charge in [-0.1, -0.05) is 18.2 Å². The summed E-state index contributed by atoms with van der Waals surface area (Å²) in [5.41, 5.74) is -0.0811. The number of rotatable bonds is 5. The highest BCUT2D eigenvalue weighted by Gasteiger charge is 2.54. The highest BCUT2D eigenvalue weighted by atomic mass is 16.2. The lowest BCUT2D eigenvalue weighted by Gasteiger charge is -2.43. The van der Waals surface area contributed by atoms with Crippen LogP contribution in [0.4, 0.5) is 10.5 Å². The standard InChI is InChI=1S/C24H37N5O3/c1-6-26(7-2)20(30)17-28-18-29(19-11-9-8-10-12-19)24(21(28)31)13-15-27(16-14-24)22(32)25-23(3,4)5/h8-12H,6-7,13-18H2,1-5H3,(H,25,32). The number of benzene rings is 1. The van der Waals surface area contributed by atoms with Crippen LogP contribution in [0.3, 0.4) is 0 Å². The molecule has 8 nitrogen and oxygen atoms in total. The number of nitrogens with zero attached hydrogens (tertiary/aromatic N) is 4. The van der Waals surface area contributed by atoms with Gasteiger partial charge in [0.15, 0.2) is 0 Å². The number of urea groups is 1. The summed E-state index contributed by atoms with van der Waals surface area (Å²) in [4.78, 5) is 46.5. The minimum atomic E-state index is -0.733. The quantitative estimate of drug-likeness (QED) is 0.759. The number of piperidine rings is 1. The second-order valence-electron chi connectivity index (χ2n) is 9.67. The molecule has 0 saturated carbocycles. The van der Waals surface area contributed by atoms with Crippen molar-refractivity contribution in [2.75, 3.05) is 44.3 Å². The van der Waals surface area contributed by atoms with Crippen LogP contribution in [0.5, 0.6) is 0 Å². The first kappa shape index (κ1) is 23.9. The molecule has 4 amide bonds. The molecule has 0 radical (unpaired) electrons. The van der Waals surface area contributed by atoms with Crippen LogP contribution < -0.4 is 10.2 Å². The Morgan fingerprint density at radius 2 is 1.66 bits per heavy atom. The van der Waals surface area contributed by atoms with Gasteiger partial charge in [0.05, 0.1) is 6.67 Å². The van der Waals surface area contributed by atoms with E-state index < -0.39 is 5.54 Å². The van der Waals surface area contributed by atoms with E-state index in [4.69, 9.17) is 0 Å². The average Bonchev–Trinajstić information content (AvgIpc) is 3.00. The van der Waals surface area contributed by atoms with Gasteiger partial charge in [0, 0.05) is 37.4 Å². The molecule has 2 aliphatic rings. The van der Waals surface area contributed by atoms with Crippen molar-refractivity contribution in [2.24, 2.45) is 0 Å². The minimum absolute atomic E-state index is 0.0160. The van der Waals surface area contributed by atoms with Crippen LogP contribution in [-0.2, 0) is 9.59 Å². The van der Waals surface area contributed by atoms with E-state index in [1.54, 1.807) is 14.7 Å². The third-order valence-corrected chi connectivity index (χ3v) is 6.38. The van der Waals surface area contributed by atoms with Crippen LogP contribution >= 0.6 is 0 Å². The predicted molar refractivity (Wildman–Crippen MR) is 125 cm³/mol. The van der Waals surface area contributed by atoms with Gasteiger partial charge in [-0.05, 0) is 59.6 Å². The Labute approximate surface area is 191 Å². The van der Waals surface area contributed by atoms with Gasteiger partial charge in [0.1, 0.15) is 12.1 Å². The minimum Gasteiger partial charge on any atom is -0.342 e. The molecule has 1 N–H and O–H groups in total. The van der Waals surface area contributed by atoms with Crippen molar-refractivity contribution < 1.29 is 14.4 Å². The van der Waals surface area contributed by atoms with E-state index in [1.807, 2.05) is 65.0 Å². The summed E-state index contributed by atoms with van der Waals surface area (Å²) in [5, 5.41) is 3.01. The number of carbonyl (C=O) groups is 3. The van der Waals surface area contributed by atoms with Crippen LogP contribution in [-0.4, -0.2) is 83.0 Å². The van der Waals surface area contributed by atoms with Crippen LogP contribution in [0.2, 0.25) is 0 Å². The maximum absolute atomic E-state index is 13.7. The van der Waals surface area contributed by atoms with Crippen LogP contribution in [0.25, 0.3) is 0 Å². The number of para-hydroxylation sites is 1. The van der Waals surface area contributed by atoms with Gasteiger partial charge in [-0.3, -0.25) is 9.59 Å². The SMILES string of the molecule is CCN(CC)C(=O)CN1CN(c2ccccc2)C2(CCN(C(=O)NC(C)(C)C)CC2)C1=O. The first-order chi connectivity index (χ1) is 15.1. The molecule has 1 aromatic rings. The second-order valence-corrected chi connectivity index (χ2v) is 9.67. The van der Waals surface area contributed by atoms with Gasteiger partial charge in [-0.25, -0.2) is 4.79 Å². The Hall–Kier alpha value is -2.77. The summed E-state index contributed by atoms with van der Waals surface area (Å²) in [6, 6.07) is 9.78. The molecule has 8 heteroatoms. The first-order valence-corrected chi connectivity index (χ1v) is 11.6. The van der Waals surface area contributed by atoms with E-state index in [1.165, 1.54) is 0 Å². The lowest BCUT2D eigenvalue weighted by molar-refractivity contribution is -0.140. The molecule has 0 aromatic heterocycles. The Morgan fingerprint density at radius 3 is 2.19 bits per heavy atom. The normalized spacial score (nSPS) is 18.3. The zero-order valence-electron chi connectivity index (χ0n) is 20.1. The van der Waals surface area contributed by atoms with Gasteiger partial charge < -0.3 is 24.9 Å². The van der Waals surface area contributed by atoms with Crippen LogP contribution in [0, 0.1) is 0 Å². The predicted octanol–water partition coefficient (Wildman–Crippen LogP) is 2.50. The molecule has 1 spiro atoms. The third-order valence-electron chi connectivity index (χ3n) is 6.38. The number of nitrogens with one attached hydrogen (secondary N) is 1. The first-order valence-electron chi connectivity index (χ1n) is 11.6. The lowest BCUT2D eigenvalue weighted by atomic mass is 9.85. The molecule has 176 valence electrons. The molecule has 2 heterocycles. The van der Waals surface area contributed by atoms with E-state index in [9.17, 15) is 14.4 Å². The Balaban J connectivity index is 1.81. The molecular weight excluding hydrogens is 406 g/mol. The molecule has 1 aromatic carbocycles. The fraction of sp³-hybridized carbons (Fsp3) is 0.625. The van der Waals surface area contributed by atoms with Gasteiger partial charge >= 0.3 is 6.03 Å². The molecular formula is C24H37N5O3. The summed E-state index contributed by atoms with van der Waals surface area (Å²) < 4.78 is 0. The van der Waals surface area contributed by atoms with E-state index in [2.05, 4.69) is 10.2 Å². The molecule has 0 atom stereocenters. The van der Waals surface area contributed by atoms with Crippen molar-refractivity contribution >= 4 is 23.5 Å². The maximum atomic E-state index is 13.7.